The van der Waals surface area contributed by atoms with E-state index in [9.17, 15) is 4.79 Å². The molecular formula is C16H26N2O2. The van der Waals surface area contributed by atoms with Gasteiger partial charge in [0, 0.05) is 19.6 Å². The van der Waals surface area contributed by atoms with Crippen LogP contribution in [0.4, 0.5) is 0 Å². The first-order valence-corrected chi connectivity index (χ1v) is 7.28. The minimum absolute atomic E-state index is 0.0801. The van der Waals surface area contributed by atoms with E-state index >= 15 is 0 Å². The van der Waals surface area contributed by atoms with Crippen LogP contribution in [0.5, 0.6) is 0 Å². The molecule has 0 aliphatic rings. The lowest BCUT2D eigenvalue weighted by Gasteiger charge is -2.12. The highest BCUT2D eigenvalue weighted by Gasteiger charge is 2.07. The second-order valence-electron chi connectivity index (χ2n) is 5.06. The molecule has 0 bridgehead atoms. The van der Waals surface area contributed by atoms with Gasteiger partial charge in [0.1, 0.15) is 0 Å². The Morgan fingerprint density at radius 2 is 2.05 bits per heavy atom. The second-order valence-corrected chi connectivity index (χ2v) is 5.06. The van der Waals surface area contributed by atoms with Gasteiger partial charge in [0.25, 0.3) is 0 Å². The summed E-state index contributed by atoms with van der Waals surface area (Å²) in [5.74, 6) is 0.475. The van der Waals surface area contributed by atoms with Crippen molar-refractivity contribution < 1.29 is 9.53 Å². The first kappa shape index (κ1) is 16.7. The molecule has 1 aromatic rings. The zero-order valence-electron chi connectivity index (χ0n) is 12.5. The SMILES string of the molecule is CCOCc1ccccc1CNC(=O)CCC(C)CN. The summed E-state index contributed by atoms with van der Waals surface area (Å²) in [7, 11) is 0. The van der Waals surface area contributed by atoms with Crippen molar-refractivity contribution in [3.05, 3.63) is 35.4 Å². The third kappa shape index (κ3) is 6.17. The van der Waals surface area contributed by atoms with Crippen LogP contribution < -0.4 is 11.1 Å². The lowest BCUT2D eigenvalue weighted by molar-refractivity contribution is -0.121. The Morgan fingerprint density at radius 1 is 1.35 bits per heavy atom. The Labute approximate surface area is 121 Å². The molecule has 20 heavy (non-hydrogen) atoms. The fourth-order valence-electron chi connectivity index (χ4n) is 1.86. The molecule has 4 heteroatoms. The number of nitrogens with one attached hydrogen (secondary N) is 1. The molecule has 0 radical (unpaired) electrons. The largest absolute Gasteiger partial charge is 0.377 e. The van der Waals surface area contributed by atoms with Crippen molar-refractivity contribution in [2.75, 3.05) is 13.2 Å². The summed E-state index contributed by atoms with van der Waals surface area (Å²) in [6.45, 7) is 6.50. The van der Waals surface area contributed by atoms with Crippen LogP contribution in [0, 0.1) is 5.92 Å². The Bertz CT molecular complexity index is 407. The molecule has 0 aliphatic heterocycles. The molecule has 1 atom stereocenters. The van der Waals surface area contributed by atoms with Crippen LogP contribution in [0.1, 0.15) is 37.8 Å². The van der Waals surface area contributed by atoms with E-state index in [-0.39, 0.29) is 5.91 Å². The van der Waals surface area contributed by atoms with Gasteiger partial charge in [0.2, 0.25) is 5.91 Å². The number of ether oxygens (including phenoxy) is 1. The van der Waals surface area contributed by atoms with Crippen molar-refractivity contribution in [1.82, 2.24) is 5.32 Å². The van der Waals surface area contributed by atoms with Crippen LogP contribution in [0.15, 0.2) is 24.3 Å². The summed E-state index contributed by atoms with van der Waals surface area (Å²) < 4.78 is 5.43. The molecule has 0 aromatic heterocycles. The van der Waals surface area contributed by atoms with E-state index in [0.717, 1.165) is 17.5 Å². The Morgan fingerprint density at radius 3 is 2.70 bits per heavy atom. The maximum atomic E-state index is 11.8. The number of hydrogen-bond donors (Lipinski definition) is 2. The lowest BCUT2D eigenvalue weighted by atomic mass is 10.1. The smallest absolute Gasteiger partial charge is 0.220 e. The van der Waals surface area contributed by atoms with Crippen LogP contribution >= 0.6 is 0 Å². The van der Waals surface area contributed by atoms with Crippen LogP contribution in [0.2, 0.25) is 0 Å². The normalized spacial score (nSPS) is 12.2. The van der Waals surface area contributed by atoms with Crippen LogP contribution in [0.3, 0.4) is 0 Å². The summed E-state index contributed by atoms with van der Waals surface area (Å²) in [4.78, 5) is 11.8. The molecular weight excluding hydrogens is 252 g/mol. The van der Waals surface area contributed by atoms with E-state index in [0.29, 0.717) is 38.6 Å². The molecule has 0 saturated carbocycles. The maximum Gasteiger partial charge on any atom is 0.220 e. The Kier molecular flexibility index (Phi) is 7.92. The number of amides is 1. The summed E-state index contributed by atoms with van der Waals surface area (Å²) in [5, 5.41) is 2.96. The van der Waals surface area contributed by atoms with Crippen molar-refractivity contribution in [1.29, 1.82) is 0 Å². The minimum atomic E-state index is 0.0801. The van der Waals surface area contributed by atoms with Gasteiger partial charge in [-0.15, -0.1) is 0 Å². The molecule has 112 valence electrons. The highest BCUT2D eigenvalue weighted by Crippen LogP contribution is 2.10. The monoisotopic (exact) mass is 278 g/mol. The van der Waals surface area contributed by atoms with Gasteiger partial charge in [0.15, 0.2) is 0 Å². The molecule has 0 saturated heterocycles. The number of rotatable bonds is 9. The standard InChI is InChI=1S/C16H26N2O2/c1-3-20-12-15-7-5-4-6-14(15)11-18-16(19)9-8-13(2)10-17/h4-7,13H,3,8-12,17H2,1-2H3,(H,18,19). The molecule has 0 heterocycles. The van der Waals surface area contributed by atoms with Gasteiger partial charge in [-0.3, -0.25) is 4.79 Å². The number of hydrogen-bond acceptors (Lipinski definition) is 3. The molecule has 0 aliphatic carbocycles. The van der Waals surface area contributed by atoms with E-state index in [1.165, 1.54) is 0 Å². The van der Waals surface area contributed by atoms with Gasteiger partial charge in [-0.1, -0.05) is 31.2 Å². The minimum Gasteiger partial charge on any atom is -0.377 e. The highest BCUT2D eigenvalue weighted by molar-refractivity contribution is 5.75. The van der Waals surface area contributed by atoms with E-state index < -0.39 is 0 Å². The molecule has 0 spiro atoms. The van der Waals surface area contributed by atoms with Crippen LogP contribution in [-0.4, -0.2) is 19.1 Å². The second kappa shape index (κ2) is 9.50. The Balaban J connectivity index is 2.42. The van der Waals surface area contributed by atoms with Gasteiger partial charge in [-0.25, -0.2) is 0 Å². The van der Waals surface area contributed by atoms with Gasteiger partial charge in [-0.05, 0) is 36.9 Å². The van der Waals surface area contributed by atoms with Crippen molar-refractivity contribution >= 4 is 5.91 Å². The van der Waals surface area contributed by atoms with Crippen LogP contribution in [-0.2, 0) is 22.7 Å². The molecule has 0 fully saturated rings. The molecule has 1 rings (SSSR count). The van der Waals surface area contributed by atoms with E-state index in [2.05, 4.69) is 12.2 Å². The summed E-state index contributed by atoms with van der Waals surface area (Å²) in [6.07, 6.45) is 1.37. The summed E-state index contributed by atoms with van der Waals surface area (Å²) >= 11 is 0. The zero-order valence-corrected chi connectivity index (χ0v) is 12.5. The zero-order chi connectivity index (χ0) is 14.8. The average Bonchev–Trinajstić information content (AvgIpc) is 2.49. The number of carbonyl (C=O) groups excluding carboxylic acids is 1. The van der Waals surface area contributed by atoms with Gasteiger partial charge < -0.3 is 15.8 Å². The maximum absolute atomic E-state index is 11.8. The Hall–Kier alpha value is -1.39. The quantitative estimate of drug-likeness (QED) is 0.728. The van der Waals surface area contributed by atoms with Gasteiger partial charge in [0.05, 0.1) is 6.61 Å². The fraction of sp³-hybridized carbons (Fsp3) is 0.562. The molecule has 1 unspecified atom stereocenters. The van der Waals surface area contributed by atoms with Gasteiger partial charge in [-0.2, -0.15) is 0 Å². The highest BCUT2D eigenvalue weighted by atomic mass is 16.5. The lowest BCUT2D eigenvalue weighted by Crippen LogP contribution is -2.24. The van der Waals surface area contributed by atoms with E-state index in [1.807, 2.05) is 31.2 Å². The van der Waals surface area contributed by atoms with Crippen molar-refractivity contribution in [3.63, 3.8) is 0 Å². The van der Waals surface area contributed by atoms with Crippen molar-refractivity contribution in [3.8, 4) is 0 Å². The number of carbonyl (C=O) groups is 1. The molecule has 1 aromatic carbocycles. The first-order valence-electron chi connectivity index (χ1n) is 7.28. The number of benzene rings is 1. The summed E-state index contributed by atoms with van der Waals surface area (Å²) in [5.41, 5.74) is 7.79. The molecule has 1 amide bonds. The predicted molar refractivity (Wildman–Crippen MR) is 81.1 cm³/mol. The topological polar surface area (TPSA) is 64.3 Å². The number of nitrogens with two attached hydrogens (primary N) is 1. The van der Waals surface area contributed by atoms with E-state index in [1.54, 1.807) is 0 Å². The summed E-state index contributed by atoms with van der Waals surface area (Å²) in [6, 6.07) is 8.03. The fourth-order valence-corrected chi connectivity index (χ4v) is 1.86. The molecule has 4 nitrogen and oxygen atoms in total. The van der Waals surface area contributed by atoms with Crippen molar-refractivity contribution in [2.24, 2.45) is 11.7 Å². The van der Waals surface area contributed by atoms with Crippen LogP contribution in [0.25, 0.3) is 0 Å². The average molecular weight is 278 g/mol. The third-order valence-corrected chi connectivity index (χ3v) is 3.32. The predicted octanol–water partition coefficient (Wildman–Crippen LogP) is 2.21. The third-order valence-electron chi connectivity index (χ3n) is 3.32. The first-order chi connectivity index (χ1) is 9.67. The van der Waals surface area contributed by atoms with Gasteiger partial charge >= 0.3 is 0 Å². The van der Waals surface area contributed by atoms with Crippen molar-refractivity contribution in [2.45, 2.75) is 39.8 Å². The molecule has 3 N–H and O–H groups in total. The van der Waals surface area contributed by atoms with E-state index in [4.69, 9.17) is 10.5 Å².